The van der Waals surface area contributed by atoms with Crippen LogP contribution in [-0.2, 0) is 6.42 Å². The van der Waals surface area contributed by atoms with E-state index in [1.807, 2.05) is 12.1 Å². The first kappa shape index (κ1) is 12.1. The molecule has 2 heterocycles. The average Bonchev–Trinajstić information content (AvgIpc) is 2.87. The Labute approximate surface area is 111 Å². The summed E-state index contributed by atoms with van der Waals surface area (Å²) in [5.74, 6) is 0.0910. The maximum Gasteiger partial charge on any atom is 0.256 e. The molecule has 0 fully saturated rings. The predicted octanol–water partition coefficient (Wildman–Crippen LogP) is 1.79. The Morgan fingerprint density at radius 1 is 1.59 bits per heavy atom. The van der Waals surface area contributed by atoms with E-state index >= 15 is 0 Å². The molecule has 1 amide bonds. The van der Waals surface area contributed by atoms with Crippen molar-refractivity contribution in [3.63, 3.8) is 0 Å². The van der Waals surface area contributed by atoms with Gasteiger partial charge in [-0.15, -0.1) is 11.3 Å². The highest BCUT2D eigenvalue weighted by Crippen LogP contribution is 2.22. The SMILES string of the molecule is Nc1[nH]ncc1C(=O)NCCc1ccc(Br)s1. The van der Waals surface area contributed by atoms with Gasteiger partial charge in [-0.2, -0.15) is 5.10 Å². The number of nitrogen functional groups attached to an aromatic ring is 1. The van der Waals surface area contributed by atoms with Crippen molar-refractivity contribution in [1.29, 1.82) is 0 Å². The van der Waals surface area contributed by atoms with Crippen molar-refractivity contribution in [2.45, 2.75) is 6.42 Å². The lowest BCUT2D eigenvalue weighted by atomic mass is 10.3. The van der Waals surface area contributed by atoms with Crippen molar-refractivity contribution < 1.29 is 4.79 Å². The summed E-state index contributed by atoms with van der Waals surface area (Å²) in [6, 6.07) is 4.03. The Bertz CT molecular complexity index is 522. The number of aromatic nitrogens is 2. The summed E-state index contributed by atoms with van der Waals surface area (Å²) in [5.41, 5.74) is 5.93. The molecule has 0 radical (unpaired) electrons. The second-order valence-electron chi connectivity index (χ2n) is 3.41. The third-order valence-electron chi connectivity index (χ3n) is 2.20. The zero-order valence-electron chi connectivity index (χ0n) is 8.87. The van der Waals surface area contributed by atoms with Crippen molar-refractivity contribution in [2.75, 3.05) is 12.3 Å². The summed E-state index contributed by atoms with van der Waals surface area (Å²) in [5, 5.41) is 9.02. The first-order valence-corrected chi connectivity index (χ1v) is 6.59. The molecule has 0 unspecified atom stereocenters. The highest BCUT2D eigenvalue weighted by Gasteiger charge is 2.10. The molecule has 0 aromatic carbocycles. The number of carbonyl (C=O) groups excluding carboxylic acids is 1. The van der Waals surface area contributed by atoms with Crippen molar-refractivity contribution in [1.82, 2.24) is 15.5 Å². The Morgan fingerprint density at radius 3 is 3.00 bits per heavy atom. The van der Waals surface area contributed by atoms with Gasteiger partial charge in [-0.1, -0.05) is 0 Å². The average molecular weight is 315 g/mol. The van der Waals surface area contributed by atoms with Crippen molar-refractivity contribution >= 4 is 39.0 Å². The summed E-state index contributed by atoms with van der Waals surface area (Å²) in [6.07, 6.45) is 2.23. The normalized spacial score (nSPS) is 10.4. The number of amides is 1. The maximum atomic E-state index is 11.7. The van der Waals surface area contributed by atoms with Crippen LogP contribution in [0.25, 0.3) is 0 Å². The number of hydrogen-bond acceptors (Lipinski definition) is 4. The fourth-order valence-electron chi connectivity index (χ4n) is 1.36. The van der Waals surface area contributed by atoms with Crippen LogP contribution in [0.5, 0.6) is 0 Å². The van der Waals surface area contributed by atoms with Gasteiger partial charge in [0.1, 0.15) is 11.4 Å². The second-order valence-corrected chi connectivity index (χ2v) is 5.96. The number of nitrogens with one attached hydrogen (secondary N) is 2. The Hall–Kier alpha value is -1.34. The highest BCUT2D eigenvalue weighted by atomic mass is 79.9. The molecule has 2 rings (SSSR count). The van der Waals surface area contributed by atoms with E-state index in [1.165, 1.54) is 11.1 Å². The molecule has 0 saturated carbocycles. The van der Waals surface area contributed by atoms with Crippen LogP contribution < -0.4 is 11.1 Å². The second kappa shape index (κ2) is 5.33. The Balaban J connectivity index is 1.83. The number of anilines is 1. The minimum atomic E-state index is -0.202. The molecule has 0 atom stereocenters. The molecule has 0 aliphatic heterocycles. The van der Waals surface area contributed by atoms with Gasteiger partial charge in [-0.05, 0) is 34.5 Å². The van der Waals surface area contributed by atoms with Crippen LogP contribution in [0.3, 0.4) is 0 Å². The van der Waals surface area contributed by atoms with Crippen molar-refractivity contribution in [2.24, 2.45) is 0 Å². The lowest BCUT2D eigenvalue weighted by Gasteiger charge is -2.02. The lowest BCUT2D eigenvalue weighted by Crippen LogP contribution is -2.25. The summed E-state index contributed by atoms with van der Waals surface area (Å²) in [4.78, 5) is 12.9. The topological polar surface area (TPSA) is 83.8 Å². The van der Waals surface area contributed by atoms with Gasteiger partial charge in [0.2, 0.25) is 0 Å². The van der Waals surface area contributed by atoms with E-state index in [2.05, 4.69) is 31.4 Å². The molecule has 2 aromatic rings. The van der Waals surface area contributed by atoms with Gasteiger partial charge in [0, 0.05) is 11.4 Å². The molecule has 0 spiro atoms. The number of hydrogen-bond donors (Lipinski definition) is 3. The third kappa shape index (κ3) is 3.07. The number of carbonyl (C=O) groups is 1. The van der Waals surface area contributed by atoms with Crippen LogP contribution in [0, 0.1) is 0 Å². The Morgan fingerprint density at radius 2 is 2.41 bits per heavy atom. The number of halogens is 1. The van der Waals surface area contributed by atoms with E-state index in [-0.39, 0.29) is 5.91 Å². The van der Waals surface area contributed by atoms with Crippen LogP contribution in [0.1, 0.15) is 15.2 Å². The lowest BCUT2D eigenvalue weighted by molar-refractivity contribution is 0.0955. The largest absolute Gasteiger partial charge is 0.383 e. The summed E-state index contributed by atoms with van der Waals surface area (Å²) in [7, 11) is 0. The van der Waals surface area contributed by atoms with E-state index in [0.717, 1.165) is 10.2 Å². The van der Waals surface area contributed by atoms with E-state index in [1.54, 1.807) is 11.3 Å². The van der Waals surface area contributed by atoms with Crippen LogP contribution in [-0.4, -0.2) is 22.6 Å². The number of aromatic amines is 1. The number of H-pyrrole nitrogens is 1. The van der Waals surface area contributed by atoms with E-state index in [0.29, 0.717) is 17.9 Å². The molecule has 0 aliphatic rings. The standard InChI is InChI=1S/C10H11BrN4OS/c11-8-2-1-6(17-8)3-4-13-10(16)7-5-14-15-9(7)12/h1-2,5H,3-4H2,(H,13,16)(H3,12,14,15). The molecule has 4 N–H and O–H groups in total. The molecule has 2 aromatic heterocycles. The molecular weight excluding hydrogens is 304 g/mol. The monoisotopic (exact) mass is 314 g/mol. The van der Waals surface area contributed by atoms with Gasteiger partial charge in [0.15, 0.2) is 0 Å². The molecular formula is C10H11BrN4OS. The van der Waals surface area contributed by atoms with E-state index in [4.69, 9.17) is 5.73 Å². The fourth-order valence-corrected chi connectivity index (χ4v) is 2.84. The molecule has 5 nitrogen and oxygen atoms in total. The van der Waals surface area contributed by atoms with Gasteiger partial charge in [0.25, 0.3) is 5.91 Å². The minimum Gasteiger partial charge on any atom is -0.383 e. The van der Waals surface area contributed by atoms with Gasteiger partial charge >= 0.3 is 0 Å². The molecule has 0 saturated heterocycles. The molecule has 7 heteroatoms. The molecule has 90 valence electrons. The highest BCUT2D eigenvalue weighted by molar-refractivity contribution is 9.11. The molecule has 17 heavy (non-hydrogen) atoms. The first-order chi connectivity index (χ1) is 8.16. The van der Waals surface area contributed by atoms with E-state index < -0.39 is 0 Å². The summed E-state index contributed by atoms with van der Waals surface area (Å²) < 4.78 is 1.10. The number of thiophene rings is 1. The summed E-state index contributed by atoms with van der Waals surface area (Å²) in [6.45, 7) is 0.580. The van der Waals surface area contributed by atoms with Gasteiger partial charge in [-0.25, -0.2) is 0 Å². The van der Waals surface area contributed by atoms with Crippen LogP contribution in [0.4, 0.5) is 5.82 Å². The molecule has 0 aliphatic carbocycles. The zero-order chi connectivity index (χ0) is 12.3. The third-order valence-corrected chi connectivity index (χ3v) is 3.88. The number of rotatable bonds is 4. The van der Waals surface area contributed by atoms with Crippen LogP contribution in [0.2, 0.25) is 0 Å². The fraction of sp³-hybridized carbons (Fsp3) is 0.200. The minimum absolute atomic E-state index is 0.202. The van der Waals surface area contributed by atoms with Gasteiger partial charge < -0.3 is 11.1 Å². The molecule has 0 bridgehead atoms. The van der Waals surface area contributed by atoms with Gasteiger partial charge in [0.05, 0.1) is 9.98 Å². The quantitative estimate of drug-likeness (QED) is 0.804. The van der Waals surface area contributed by atoms with Crippen LogP contribution in [0.15, 0.2) is 22.1 Å². The van der Waals surface area contributed by atoms with Crippen molar-refractivity contribution in [3.8, 4) is 0 Å². The first-order valence-electron chi connectivity index (χ1n) is 4.98. The van der Waals surface area contributed by atoms with Crippen LogP contribution >= 0.6 is 27.3 Å². The number of nitrogens with two attached hydrogens (primary N) is 1. The van der Waals surface area contributed by atoms with E-state index in [9.17, 15) is 4.79 Å². The summed E-state index contributed by atoms with van der Waals surface area (Å²) >= 11 is 5.06. The van der Waals surface area contributed by atoms with Gasteiger partial charge in [-0.3, -0.25) is 9.89 Å². The van der Waals surface area contributed by atoms with Crippen molar-refractivity contribution in [3.05, 3.63) is 32.6 Å². The zero-order valence-corrected chi connectivity index (χ0v) is 11.3. The Kier molecular flexibility index (Phi) is 3.80. The maximum absolute atomic E-state index is 11.7. The smallest absolute Gasteiger partial charge is 0.256 e. The predicted molar refractivity (Wildman–Crippen MR) is 71.1 cm³/mol. The number of nitrogens with zero attached hydrogens (tertiary/aromatic N) is 1.